The number of anilines is 6. The van der Waals surface area contributed by atoms with Crippen LogP contribution >= 0.6 is 0 Å². The van der Waals surface area contributed by atoms with Crippen molar-refractivity contribution < 1.29 is 37.3 Å². The minimum Gasteiger partial charge on any atom is -0.474 e. The average Bonchev–Trinajstić information content (AvgIpc) is 3.81. The molecule has 4 aliphatic heterocycles. The number of amides is 2. The molecule has 356 valence electrons. The van der Waals surface area contributed by atoms with Crippen molar-refractivity contribution in [2.24, 2.45) is 11.8 Å². The van der Waals surface area contributed by atoms with Crippen molar-refractivity contribution in [2.45, 2.75) is 39.9 Å². The van der Waals surface area contributed by atoms with Gasteiger partial charge in [-0.3, -0.25) is 10.6 Å². The number of carbonyl (C=O) groups is 2. The maximum absolute atomic E-state index is 15.3. The lowest BCUT2D eigenvalue weighted by Crippen LogP contribution is -2.28. The highest BCUT2D eigenvalue weighted by Gasteiger charge is 2.32. The zero-order chi connectivity index (χ0) is 48.0. The van der Waals surface area contributed by atoms with Crippen molar-refractivity contribution >= 4 is 68.1 Å². The van der Waals surface area contributed by atoms with E-state index in [0.29, 0.717) is 107 Å². The number of ether oxygens (including phenoxy) is 4. The zero-order valence-electron chi connectivity index (χ0n) is 38.6. The van der Waals surface area contributed by atoms with Gasteiger partial charge in [-0.05, 0) is 74.1 Å². The highest BCUT2D eigenvalue weighted by Crippen LogP contribution is 2.41. The quantitative estimate of drug-likeness (QED) is 0.0903. The molecule has 4 atom stereocenters. The molecule has 18 nitrogen and oxygen atoms in total. The van der Waals surface area contributed by atoms with Gasteiger partial charge < -0.3 is 50.8 Å². The number of aromatic nitrogens is 4. The summed E-state index contributed by atoms with van der Waals surface area (Å²) in [6.45, 7) is 13.3. The van der Waals surface area contributed by atoms with Gasteiger partial charge in [-0.2, -0.15) is 0 Å². The lowest BCUT2D eigenvalue weighted by atomic mass is 9.97. The first kappa shape index (κ1) is 45.8. The third kappa shape index (κ3) is 9.07. The minimum absolute atomic E-state index is 0.0155. The maximum Gasteiger partial charge on any atom is 0.413 e. The molecular weight excluding hydrogens is 879 g/mol. The molecule has 4 aliphatic rings. The van der Waals surface area contributed by atoms with Crippen molar-refractivity contribution in [3.63, 3.8) is 0 Å². The van der Waals surface area contributed by atoms with Gasteiger partial charge >= 0.3 is 12.2 Å². The molecule has 2 amide bonds. The Balaban J connectivity index is 0.000000170. The molecule has 10 rings (SSSR count). The number of halogens is 2. The van der Waals surface area contributed by atoms with Crippen LogP contribution in [0.5, 0.6) is 11.8 Å². The van der Waals surface area contributed by atoms with Gasteiger partial charge in [0.2, 0.25) is 11.8 Å². The molecule has 2 aromatic carbocycles. The molecule has 68 heavy (non-hydrogen) atoms. The number of fused-ring (bicyclic) bond motifs is 4. The first-order valence-corrected chi connectivity index (χ1v) is 22.4. The van der Waals surface area contributed by atoms with Crippen LogP contribution in [0, 0.1) is 37.3 Å². The predicted octanol–water partition coefficient (Wildman–Crippen LogP) is 7.26. The van der Waals surface area contributed by atoms with Crippen molar-refractivity contribution in [3.05, 3.63) is 71.8 Å². The number of benzene rings is 2. The molecule has 2 saturated heterocycles. The van der Waals surface area contributed by atoms with Crippen LogP contribution in [0.4, 0.5) is 52.8 Å². The molecular formula is C48H54F2N12O6. The second-order valence-corrected chi connectivity index (χ2v) is 17.9. The Bertz CT molecular complexity index is 2760. The lowest BCUT2D eigenvalue weighted by Gasteiger charge is -2.22. The number of nitrogen functional groups attached to an aromatic ring is 2. The number of nitrogens with two attached hydrogens (primary N) is 2. The fourth-order valence-corrected chi connectivity index (χ4v) is 9.30. The molecule has 2 fully saturated rings. The number of hydrogen-bond acceptors (Lipinski definition) is 16. The summed E-state index contributed by atoms with van der Waals surface area (Å²) in [6.07, 6.45) is 4.56. The zero-order valence-corrected chi connectivity index (χ0v) is 38.6. The first-order chi connectivity index (χ1) is 32.6. The Morgan fingerprint density at radius 3 is 1.44 bits per heavy atom. The monoisotopic (exact) mass is 932 g/mol. The summed E-state index contributed by atoms with van der Waals surface area (Å²) in [4.78, 5) is 46.3. The molecule has 8 heterocycles. The van der Waals surface area contributed by atoms with Gasteiger partial charge in [-0.15, -0.1) is 0 Å². The number of likely N-dealkylation sites (tertiary alicyclic amines) is 2. The number of carbonyl (C=O) groups excluding carboxylic acids is 2. The van der Waals surface area contributed by atoms with E-state index >= 15 is 8.78 Å². The van der Waals surface area contributed by atoms with Crippen LogP contribution in [0.15, 0.2) is 49.1 Å². The largest absolute Gasteiger partial charge is 0.474 e. The van der Waals surface area contributed by atoms with E-state index in [4.69, 9.17) is 30.4 Å². The van der Waals surface area contributed by atoms with Crippen molar-refractivity contribution in [1.82, 2.24) is 29.7 Å². The predicted molar refractivity (Wildman–Crippen MR) is 257 cm³/mol. The van der Waals surface area contributed by atoms with Crippen molar-refractivity contribution in [3.8, 4) is 34.0 Å². The molecule has 0 saturated carbocycles. The summed E-state index contributed by atoms with van der Waals surface area (Å²) in [6, 6.07) is 6.69. The van der Waals surface area contributed by atoms with E-state index in [-0.39, 0.29) is 35.4 Å². The normalized spacial score (nSPS) is 19.9. The van der Waals surface area contributed by atoms with E-state index in [0.717, 1.165) is 35.6 Å². The molecule has 0 bridgehead atoms. The number of nitrogens with one attached hydrogen (secondary N) is 4. The number of nitrogens with zero attached hydrogens (tertiary/aromatic N) is 6. The van der Waals surface area contributed by atoms with Crippen LogP contribution in [0.1, 0.15) is 25.0 Å². The summed E-state index contributed by atoms with van der Waals surface area (Å²) < 4.78 is 52.9. The van der Waals surface area contributed by atoms with Gasteiger partial charge in [-0.1, -0.05) is 13.8 Å². The molecule has 4 aromatic heterocycles. The first-order valence-electron chi connectivity index (χ1n) is 22.4. The Morgan fingerprint density at radius 1 is 0.647 bits per heavy atom. The standard InChI is InChI=1S/2C24H27FN6O3/c2*1-12-10-31(3)11-18(12)34-24(32)30-19-7-14-6-15(20(25)21(26)17(14)9-28-19)16-8-29-23-22(13(16)2)27-4-5-33-23/h2*6-9,12,18,27H,4-5,10-11,26H2,1-3H3,(H,28,30,32)/t2*12-,18-/m10/s1. The highest BCUT2D eigenvalue weighted by atomic mass is 19.1. The Hall–Kier alpha value is -7.32. The van der Waals surface area contributed by atoms with E-state index in [2.05, 4.69) is 51.0 Å². The summed E-state index contributed by atoms with van der Waals surface area (Å²) in [5.41, 5.74) is 17.2. The fourth-order valence-electron chi connectivity index (χ4n) is 9.30. The van der Waals surface area contributed by atoms with E-state index in [1.807, 2.05) is 41.8 Å². The topological polar surface area (TPSA) is 229 Å². The summed E-state index contributed by atoms with van der Waals surface area (Å²) in [7, 11) is 3.99. The van der Waals surface area contributed by atoms with Crippen LogP contribution in [0.2, 0.25) is 0 Å². The molecule has 8 N–H and O–H groups in total. The van der Waals surface area contributed by atoms with E-state index in [1.54, 1.807) is 36.7 Å². The molecule has 0 unspecified atom stereocenters. The SMILES string of the molecule is Cc1c(-c2cc3cc(NC(=O)O[C@@H]4CN(C)C[C@H]4C)ncc3c(N)c2F)cnc2c1NCCO2.Cc1c(-c2cc3cc(NC(=O)O[C@H]4CN(C)C[C@@H]4C)ncc3c(N)c2F)cnc2c1NCCO2. The van der Waals surface area contributed by atoms with Crippen LogP contribution < -0.4 is 42.2 Å². The third-order valence-corrected chi connectivity index (χ3v) is 12.9. The molecule has 6 aromatic rings. The van der Waals surface area contributed by atoms with Crippen LogP contribution in [-0.2, 0) is 9.47 Å². The number of pyridine rings is 4. The molecule has 0 aliphatic carbocycles. The molecule has 0 spiro atoms. The van der Waals surface area contributed by atoms with Gasteiger partial charge in [0.15, 0.2) is 11.6 Å². The Labute approximate surface area is 391 Å². The maximum atomic E-state index is 15.3. The number of rotatable bonds is 6. The second-order valence-electron chi connectivity index (χ2n) is 17.9. The van der Waals surface area contributed by atoms with Gasteiger partial charge in [0.05, 0.1) is 11.4 Å². The van der Waals surface area contributed by atoms with Crippen molar-refractivity contribution in [1.29, 1.82) is 0 Å². The van der Waals surface area contributed by atoms with E-state index < -0.39 is 23.8 Å². The summed E-state index contributed by atoms with van der Waals surface area (Å²) >= 11 is 0. The highest BCUT2D eigenvalue weighted by molar-refractivity contribution is 6.01. The number of hydrogen-bond donors (Lipinski definition) is 6. The van der Waals surface area contributed by atoms with Crippen LogP contribution in [0.25, 0.3) is 43.8 Å². The van der Waals surface area contributed by atoms with Crippen molar-refractivity contribution in [2.75, 3.05) is 99.3 Å². The Kier molecular flexibility index (Phi) is 12.6. The molecule has 20 heteroatoms. The van der Waals surface area contributed by atoms with Gasteiger partial charge in [0, 0.05) is 109 Å². The van der Waals surface area contributed by atoms with Crippen LogP contribution in [-0.4, -0.2) is 121 Å². The van der Waals surface area contributed by atoms with Gasteiger partial charge in [-0.25, -0.2) is 38.3 Å². The molecule has 0 radical (unpaired) electrons. The average molecular weight is 933 g/mol. The number of likely N-dealkylation sites (N-methyl/N-ethyl adjacent to an activating group) is 2. The minimum atomic E-state index is -0.574. The summed E-state index contributed by atoms with van der Waals surface area (Å²) in [5, 5.41) is 14.1. The Morgan fingerprint density at radius 2 is 1.06 bits per heavy atom. The van der Waals surface area contributed by atoms with Gasteiger partial charge in [0.25, 0.3) is 0 Å². The van der Waals surface area contributed by atoms with Crippen LogP contribution in [0.3, 0.4) is 0 Å². The van der Waals surface area contributed by atoms with E-state index in [1.165, 1.54) is 12.4 Å². The van der Waals surface area contributed by atoms with Gasteiger partial charge in [0.1, 0.15) is 48.4 Å². The smallest absolute Gasteiger partial charge is 0.413 e. The summed E-state index contributed by atoms with van der Waals surface area (Å²) in [5.74, 6) is 0.994. The lowest BCUT2D eigenvalue weighted by molar-refractivity contribution is 0.0968. The third-order valence-electron chi connectivity index (χ3n) is 12.9. The van der Waals surface area contributed by atoms with E-state index in [9.17, 15) is 9.59 Å². The fraction of sp³-hybridized carbons (Fsp3) is 0.375. The second kappa shape index (κ2) is 18.8.